The number of amides is 2. The molecular weight excluding hydrogens is 398 g/mol. The third kappa shape index (κ3) is 6.01. The Morgan fingerprint density at radius 2 is 1.93 bits per heavy atom. The molecule has 1 atom stereocenters. The van der Waals surface area contributed by atoms with Gasteiger partial charge in [0, 0.05) is 16.6 Å². The van der Waals surface area contributed by atoms with E-state index in [0.717, 1.165) is 17.0 Å². The highest BCUT2D eigenvalue weighted by Gasteiger charge is 2.23. The molecule has 2 N–H and O–H groups in total. The number of hydrogen-bond donors (Lipinski definition) is 2. The van der Waals surface area contributed by atoms with Gasteiger partial charge in [0.05, 0.1) is 25.3 Å². The highest BCUT2D eigenvalue weighted by Crippen LogP contribution is 2.15. The van der Waals surface area contributed by atoms with Crippen molar-refractivity contribution in [2.75, 3.05) is 23.7 Å². The summed E-state index contributed by atoms with van der Waals surface area (Å²) < 4.78 is 1.76. The molecule has 3 rings (SSSR count). The Kier molecular flexibility index (Phi) is 7.75. The second-order valence-corrected chi connectivity index (χ2v) is 8.04. The first kappa shape index (κ1) is 21.7. The van der Waals surface area contributed by atoms with Crippen LogP contribution in [0.2, 0.25) is 0 Å². The monoisotopic (exact) mass is 425 g/mol. The minimum absolute atomic E-state index is 0.126. The van der Waals surface area contributed by atoms with Crippen LogP contribution in [0.5, 0.6) is 0 Å². The van der Waals surface area contributed by atoms with Gasteiger partial charge in [-0.15, -0.1) is 11.3 Å². The van der Waals surface area contributed by atoms with Crippen molar-refractivity contribution in [3.05, 3.63) is 65.0 Å². The normalized spacial score (nSPS) is 12.0. The summed E-state index contributed by atoms with van der Waals surface area (Å²) >= 11 is 1.65. The fraction of sp³-hybridized carbons (Fsp3) is 0.318. The molecule has 0 aliphatic rings. The fourth-order valence-corrected chi connectivity index (χ4v) is 3.80. The summed E-state index contributed by atoms with van der Waals surface area (Å²) in [6.45, 7) is 5.23. The highest BCUT2D eigenvalue weighted by atomic mass is 32.1. The van der Waals surface area contributed by atoms with Gasteiger partial charge in [-0.05, 0) is 43.5 Å². The van der Waals surface area contributed by atoms with Gasteiger partial charge in [-0.3, -0.25) is 14.5 Å². The molecule has 0 spiro atoms. The Balaban J connectivity index is 1.60. The van der Waals surface area contributed by atoms with Gasteiger partial charge < -0.3 is 10.6 Å². The van der Waals surface area contributed by atoms with Gasteiger partial charge in [-0.1, -0.05) is 31.2 Å². The molecule has 2 amide bonds. The van der Waals surface area contributed by atoms with Crippen LogP contribution in [0.4, 0.5) is 11.5 Å². The Hall–Kier alpha value is -2.97. The van der Waals surface area contributed by atoms with Crippen LogP contribution in [0, 0.1) is 0 Å². The number of nitrogens with one attached hydrogen (secondary N) is 2. The Morgan fingerprint density at radius 3 is 2.63 bits per heavy atom. The molecule has 0 fully saturated rings. The van der Waals surface area contributed by atoms with Gasteiger partial charge in [-0.2, -0.15) is 5.10 Å². The minimum Gasteiger partial charge on any atom is -0.325 e. The van der Waals surface area contributed by atoms with Crippen LogP contribution in [0.1, 0.15) is 25.1 Å². The van der Waals surface area contributed by atoms with Gasteiger partial charge in [-0.25, -0.2) is 4.68 Å². The summed E-state index contributed by atoms with van der Waals surface area (Å²) in [6, 6.07) is 14.7. The molecule has 8 heteroatoms. The van der Waals surface area contributed by atoms with E-state index in [0.29, 0.717) is 18.9 Å². The lowest BCUT2D eigenvalue weighted by Gasteiger charge is -2.27. The molecule has 0 aliphatic carbocycles. The minimum atomic E-state index is -0.438. The summed E-state index contributed by atoms with van der Waals surface area (Å²) in [7, 11) is 0. The van der Waals surface area contributed by atoms with E-state index in [1.807, 2.05) is 66.6 Å². The SMILES string of the molecule is CCCN(CC(=O)Nc1ccnn1Cc1cccs1)C(C)C(=O)Nc1ccccc1. The zero-order chi connectivity index (χ0) is 21.3. The molecule has 158 valence electrons. The maximum Gasteiger partial charge on any atom is 0.241 e. The number of rotatable bonds is 10. The standard InChI is InChI=1S/C22H27N5O2S/c1-3-13-26(17(2)22(29)24-18-8-5-4-6-9-18)16-21(28)25-20-11-12-23-27(20)15-19-10-7-14-30-19/h4-12,14,17H,3,13,15-16H2,1-2H3,(H,24,29)(H,25,28). The average molecular weight is 426 g/mol. The van der Waals surface area contributed by atoms with E-state index in [1.54, 1.807) is 28.3 Å². The molecule has 0 bridgehead atoms. The number of hydrogen-bond acceptors (Lipinski definition) is 5. The van der Waals surface area contributed by atoms with Crippen molar-refractivity contribution in [2.24, 2.45) is 0 Å². The summed E-state index contributed by atoms with van der Waals surface area (Å²) in [5.74, 6) is 0.340. The number of aromatic nitrogens is 2. The number of thiophene rings is 1. The van der Waals surface area contributed by atoms with Gasteiger partial charge in [0.15, 0.2) is 0 Å². The first-order valence-electron chi connectivity index (χ1n) is 10.0. The van der Waals surface area contributed by atoms with Crippen LogP contribution >= 0.6 is 11.3 Å². The third-order valence-corrected chi connectivity index (χ3v) is 5.56. The Morgan fingerprint density at radius 1 is 1.13 bits per heavy atom. The van der Waals surface area contributed by atoms with Crippen molar-refractivity contribution >= 4 is 34.7 Å². The topological polar surface area (TPSA) is 79.3 Å². The molecule has 2 aromatic heterocycles. The van der Waals surface area contributed by atoms with Crippen LogP contribution in [0.15, 0.2) is 60.1 Å². The van der Waals surface area contributed by atoms with E-state index in [4.69, 9.17) is 0 Å². The van der Waals surface area contributed by atoms with Crippen molar-refractivity contribution in [2.45, 2.75) is 32.9 Å². The van der Waals surface area contributed by atoms with Gasteiger partial charge in [0.2, 0.25) is 11.8 Å². The van der Waals surface area contributed by atoms with Gasteiger partial charge >= 0.3 is 0 Å². The fourth-order valence-electron chi connectivity index (χ4n) is 3.11. The van der Waals surface area contributed by atoms with E-state index in [-0.39, 0.29) is 18.4 Å². The van der Waals surface area contributed by atoms with E-state index < -0.39 is 6.04 Å². The quantitative estimate of drug-likeness (QED) is 0.519. The first-order chi connectivity index (χ1) is 14.6. The first-order valence-corrected chi connectivity index (χ1v) is 10.9. The summed E-state index contributed by atoms with van der Waals surface area (Å²) in [4.78, 5) is 28.4. The summed E-state index contributed by atoms with van der Waals surface area (Å²) in [6.07, 6.45) is 2.51. The molecule has 7 nitrogen and oxygen atoms in total. The molecule has 0 saturated heterocycles. The van der Waals surface area contributed by atoms with Gasteiger partial charge in [0.25, 0.3) is 0 Å². The number of nitrogens with zero attached hydrogens (tertiary/aromatic N) is 3. The largest absolute Gasteiger partial charge is 0.325 e. The number of benzene rings is 1. The van der Waals surface area contributed by atoms with Crippen molar-refractivity contribution < 1.29 is 9.59 Å². The summed E-state index contributed by atoms with van der Waals surface area (Å²) in [5.41, 5.74) is 0.743. The van der Waals surface area contributed by atoms with Crippen molar-refractivity contribution in [3.63, 3.8) is 0 Å². The molecule has 30 heavy (non-hydrogen) atoms. The van der Waals surface area contributed by atoms with Crippen molar-refractivity contribution in [1.82, 2.24) is 14.7 Å². The highest BCUT2D eigenvalue weighted by molar-refractivity contribution is 7.09. The van der Waals surface area contributed by atoms with Crippen LogP contribution in [0.3, 0.4) is 0 Å². The number of para-hydroxylation sites is 1. The molecule has 0 aliphatic heterocycles. The molecule has 0 saturated carbocycles. The van der Waals surface area contributed by atoms with Crippen LogP contribution < -0.4 is 10.6 Å². The molecule has 3 aromatic rings. The molecule has 1 aromatic carbocycles. The zero-order valence-corrected chi connectivity index (χ0v) is 18.1. The van der Waals surface area contributed by atoms with Crippen molar-refractivity contribution in [3.8, 4) is 0 Å². The predicted octanol–water partition coefficient (Wildman–Crippen LogP) is 3.67. The van der Waals surface area contributed by atoms with E-state index in [9.17, 15) is 9.59 Å². The Labute approximate surface area is 180 Å². The van der Waals surface area contributed by atoms with E-state index >= 15 is 0 Å². The second kappa shape index (κ2) is 10.7. The maximum absolute atomic E-state index is 12.7. The molecular formula is C22H27N5O2S. The van der Waals surface area contributed by atoms with Crippen LogP contribution in [-0.4, -0.2) is 45.6 Å². The zero-order valence-electron chi connectivity index (χ0n) is 17.2. The van der Waals surface area contributed by atoms with E-state index in [1.165, 1.54) is 0 Å². The Bertz CT molecular complexity index is 940. The smallest absolute Gasteiger partial charge is 0.241 e. The lowest BCUT2D eigenvalue weighted by molar-refractivity contribution is -0.123. The number of carbonyl (C=O) groups excluding carboxylic acids is 2. The lowest BCUT2D eigenvalue weighted by atomic mass is 10.2. The number of carbonyl (C=O) groups is 2. The number of anilines is 2. The molecule has 0 radical (unpaired) electrons. The van der Waals surface area contributed by atoms with Gasteiger partial charge in [0.1, 0.15) is 5.82 Å². The molecule has 1 unspecified atom stereocenters. The maximum atomic E-state index is 12.7. The van der Waals surface area contributed by atoms with E-state index in [2.05, 4.69) is 15.7 Å². The van der Waals surface area contributed by atoms with Crippen LogP contribution in [-0.2, 0) is 16.1 Å². The van der Waals surface area contributed by atoms with Crippen LogP contribution in [0.25, 0.3) is 0 Å². The predicted molar refractivity (Wildman–Crippen MR) is 121 cm³/mol. The third-order valence-electron chi connectivity index (χ3n) is 4.70. The second-order valence-electron chi connectivity index (χ2n) is 7.00. The molecule has 2 heterocycles. The van der Waals surface area contributed by atoms with Crippen molar-refractivity contribution in [1.29, 1.82) is 0 Å². The average Bonchev–Trinajstić information content (AvgIpc) is 3.40. The summed E-state index contributed by atoms with van der Waals surface area (Å²) in [5, 5.41) is 12.2. The lowest BCUT2D eigenvalue weighted by Crippen LogP contribution is -2.46.